The van der Waals surface area contributed by atoms with Gasteiger partial charge in [0.1, 0.15) is 11.9 Å². The molecule has 2 atom stereocenters. The van der Waals surface area contributed by atoms with Gasteiger partial charge >= 0.3 is 5.97 Å². The highest BCUT2D eigenvalue weighted by molar-refractivity contribution is 5.77. The highest BCUT2D eigenvalue weighted by Gasteiger charge is 2.24. The van der Waals surface area contributed by atoms with Crippen LogP contribution in [0.25, 0.3) is 0 Å². The first-order valence-corrected chi connectivity index (χ1v) is 8.92. The Labute approximate surface area is 149 Å². The van der Waals surface area contributed by atoms with E-state index in [1.165, 1.54) is 0 Å². The lowest BCUT2D eigenvalue weighted by atomic mass is 9.99. The van der Waals surface area contributed by atoms with Crippen molar-refractivity contribution < 1.29 is 14.7 Å². The second-order valence-corrected chi connectivity index (χ2v) is 6.46. The number of carbonyl (C=O) groups is 2. The van der Waals surface area contributed by atoms with Gasteiger partial charge in [-0.2, -0.15) is 0 Å². The molecule has 0 aliphatic carbocycles. The molecular weight excluding hydrogens is 320 g/mol. The van der Waals surface area contributed by atoms with Crippen LogP contribution < -0.4 is 10.2 Å². The van der Waals surface area contributed by atoms with Gasteiger partial charge in [0.05, 0.1) is 0 Å². The minimum absolute atomic E-state index is 0.0366. The average molecular weight is 348 g/mol. The fourth-order valence-electron chi connectivity index (χ4n) is 2.99. The Bertz CT molecular complexity index is 559. The van der Waals surface area contributed by atoms with Crippen LogP contribution in [0.1, 0.15) is 26.7 Å². The number of carbonyl (C=O) groups excluding carboxylic acids is 1. The quantitative estimate of drug-likeness (QED) is 0.734. The van der Waals surface area contributed by atoms with Gasteiger partial charge in [-0.25, -0.2) is 4.98 Å². The van der Waals surface area contributed by atoms with Gasteiger partial charge in [0.15, 0.2) is 0 Å². The normalized spacial score (nSPS) is 17.2. The number of amides is 1. The molecule has 0 aromatic carbocycles. The number of aromatic nitrogens is 1. The molecule has 1 saturated heterocycles. The summed E-state index contributed by atoms with van der Waals surface area (Å²) in [6.45, 7) is 7.13. The molecule has 25 heavy (non-hydrogen) atoms. The molecule has 1 aromatic rings. The molecule has 7 heteroatoms. The number of nitrogens with one attached hydrogen (secondary N) is 1. The van der Waals surface area contributed by atoms with Gasteiger partial charge in [0.2, 0.25) is 5.91 Å². The molecule has 1 aliphatic heterocycles. The monoisotopic (exact) mass is 348 g/mol. The van der Waals surface area contributed by atoms with Crippen LogP contribution in [0.5, 0.6) is 0 Å². The first-order valence-electron chi connectivity index (χ1n) is 8.92. The van der Waals surface area contributed by atoms with Crippen molar-refractivity contribution in [2.24, 2.45) is 5.92 Å². The molecule has 0 bridgehead atoms. The number of carboxylic acid groups (broad SMARTS) is 1. The van der Waals surface area contributed by atoms with Crippen molar-refractivity contribution in [3.05, 3.63) is 24.4 Å². The minimum Gasteiger partial charge on any atom is -0.480 e. The zero-order chi connectivity index (χ0) is 18.2. The van der Waals surface area contributed by atoms with E-state index >= 15 is 0 Å². The summed E-state index contributed by atoms with van der Waals surface area (Å²) in [5.74, 6) is 0.191. The Hall–Kier alpha value is -2.15. The summed E-state index contributed by atoms with van der Waals surface area (Å²) in [5, 5.41) is 12.3. The van der Waals surface area contributed by atoms with Gasteiger partial charge in [0.25, 0.3) is 0 Å². The molecule has 2 rings (SSSR count). The Kier molecular flexibility index (Phi) is 7.18. The van der Waals surface area contributed by atoms with Crippen LogP contribution in [0.3, 0.4) is 0 Å². The van der Waals surface area contributed by atoms with Crippen LogP contribution in [-0.2, 0) is 9.59 Å². The fourth-order valence-corrected chi connectivity index (χ4v) is 2.99. The summed E-state index contributed by atoms with van der Waals surface area (Å²) >= 11 is 0. The Morgan fingerprint density at radius 2 is 2.00 bits per heavy atom. The lowest BCUT2D eigenvalue weighted by Gasteiger charge is -2.35. The van der Waals surface area contributed by atoms with Crippen molar-refractivity contribution in [1.82, 2.24) is 15.2 Å². The first-order chi connectivity index (χ1) is 12.0. The predicted octanol–water partition coefficient (Wildman–Crippen LogP) is 1.21. The Morgan fingerprint density at radius 1 is 1.28 bits per heavy atom. The summed E-state index contributed by atoms with van der Waals surface area (Å²) in [6, 6.07) is 5.23. The van der Waals surface area contributed by atoms with Gasteiger partial charge in [-0.15, -0.1) is 0 Å². The smallest absolute Gasteiger partial charge is 0.320 e. The van der Waals surface area contributed by atoms with Crippen LogP contribution in [0.4, 0.5) is 5.82 Å². The van der Waals surface area contributed by atoms with Crippen molar-refractivity contribution in [2.75, 3.05) is 37.6 Å². The largest absolute Gasteiger partial charge is 0.480 e. The minimum atomic E-state index is -0.856. The maximum Gasteiger partial charge on any atom is 0.320 e. The standard InChI is InChI=1S/C18H28N4O3/c1-3-14(2)17(18(24)25)20-9-7-16(23)22-12-10-21(11-13-22)15-6-4-5-8-19-15/h4-6,8,14,17,20H,3,7,9-13H2,1-2H3,(H,24,25)/t14-,17-/m0/s1. The van der Waals surface area contributed by atoms with Crippen molar-refractivity contribution >= 4 is 17.7 Å². The number of pyridine rings is 1. The number of rotatable bonds is 8. The van der Waals surface area contributed by atoms with E-state index in [0.717, 1.165) is 25.3 Å². The highest BCUT2D eigenvalue weighted by Crippen LogP contribution is 2.13. The first kappa shape index (κ1) is 19.2. The van der Waals surface area contributed by atoms with Gasteiger partial charge in [-0.3, -0.25) is 9.59 Å². The zero-order valence-electron chi connectivity index (χ0n) is 15.0. The maximum absolute atomic E-state index is 12.3. The lowest BCUT2D eigenvalue weighted by molar-refractivity contribution is -0.141. The second kappa shape index (κ2) is 9.36. The Balaban J connectivity index is 1.74. The molecule has 138 valence electrons. The number of nitrogens with zero attached hydrogens (tertiary/aromatic N) is 3. The topological polar surface area (TPSA) is 85.8 Å². The van der Waals surface area contributed by atoms with Gasteiger partial charge < -0.3 is 20.2 Å². The number of carboxylic acids is 1. The fraction of sp³-hybridized carbons (Fsp3) is 0.611. The second-order valence-electron chi connectivity index (χ2n) is 6.46. The van der Waals surface area contributed by atoms with Crippen LogP contribution in [0, 0.1) is 5.92 Å². The Morgan fingerprint density at radius 3 is 2.56 bits per heavy atom. The van der Waals surface area contributed by atoms with Gasteiger partial charge in [-0.1, -0.05) is 26.3 Å². The summed E-state index contributed by atoms with van der Waals surface area (Å²) in [7, 11) is 0. The van der Waals surface area contributed by atoms with Crippen LogP contribution in [0.2, 0.25) is 0 Å². The van der Waals surface area contributed by atoms with E-state index in [2.05, 4.69) is 15.2 Å². The highest BCUT2D eigenvalue weighted by atomic mass is 16.4. The molecule has 2 N–H and O–H groups in total. The van der Waals surface area contributed by atoms with E-state index in [0.29, 0.717) is 26.1 Å². The molecular formula is C18H28N4O3. The molecule has 1 fully saturated rings. The molecule has 0 spiro atoms. The summed E-state index contributed by atoms with van der Waals surface area (Å²) in [4.78, 5) is 32.0. The zero-order valence-corrected chi connectivity index (χ0v) is 15.0. The maximum atomic E-state index is 12.3. The van der Waals surface area contributed by atoms with Crippen LogP contribution >= 0.6 is 0 Å². The van der Waals surface area contributed by atoms with Crippen LogP contribution in [-0.4, -0.2) is 65.6 Å². The molecule has 1 aliphatic rings. The molecule has 7 nitrogen and oxygen atoms in total. The number of anilines is 1. The SMILES string of the molecule is CC[C@H](C)[C@H](NCCC(=O)N1CCN(c2ccccn2)CC1)C(=O)O. The summed E-state index contributed by atoms with van der Waals surface area (Å²) in [5.41, 5.74) is 0. The molecule has 0 radical (unpaired) electrons. The summed E-state index contributed by atoms with van der Waals surface area (Å²) < 4.78 is 0. The number of aliphatic carboxylic acids is 1. The third-order valence-electron chi connectivity index (χ3n) is 4.79. The predicted molar refractivity (Wildman–Crippen MR) is 96.5 cm³/mol. The molecule has 0 unspecified atom stereocenters. The van der Waals surface area contributed by atoms with E-state index in [9.17, 15) is 14.7 Å². The third kappa shape index (κ3) is 5.42. The van der Waals surface area contributed by atoms with Crippen molar-refractivity contribution in [1.29, 1.82) is 0 Å². The molecule has 1 aromatic heterocycles. The number of hydrogen-bond acceptors (Lipinski definition) is 5. The van der Waals surface area contributed by atoms with E-state index < -0.39 is 12.0 Å². The third-order valence-corrected chi connectivity index (χ3v) is 4.79. The van der Waals surface area contributed by atoms with Crippen LogP contribution in [0.15, 0.2) is 24.4 Å². The van der Waals surface area contributed by atoms with E-state index in [-0.39, 0.29) is 11.8 Å². The van der Waals surface area contributed by atoms with E-state index in [1.807, 2.05) is 36.9 Å². The lowest BCUT2D eigenvalue weighted by Crippen LogP contribution is -2.50. The van der Waals surface area contributed by atoms with Crippen molar-refractivity contribution in [2.45, 2.75) is 32.7 Å². The van der Waals surface area contributed by atoms with Gasteiger partial charge in [0, 0.05) is 45.3 Å². The van der Waals surface area contributed by atoms with Crippen molar-refractivity contribution in [3.8, 4) is 0 Å². The number of hydrogen-bond donors (Lipinski definition) is 2. The molecule has 1 amide bonds. The average Bonchev–Trinajstić information content (AvgIpc) is 2.65. The van der Waals surface area contributed by atoms with Crippen molar-refractivity contribution in [3.63, 3.8) is 0 Å². The van der Waals surface area contributed by atoms with E-state index in [1.54, 1.807) is 6.20 Å². The molecule has 2 heterocycles. The summed E-state index contributed by atoms with van der Waals surface area (Å²) in [6.07, 6.45) is 2.88. The van der Waals surface area contributed by atoms with Gasteiger partial charge in [-0.05, 0) is 18.1 Å². The molecule has 0 saturated carbocycles. The number of piperazine rings is 1. The van der Waals surface area contributed by atoms with E-state index in [4.69, 9.17) is 0 Å².